The van der Waals surface area contributed by atoms with Crippen LogP contribution in [-0.4, -0.2) is 23.0 Å². The second-order valence-corrected chi connectivity index (χ2v) is 3.71. The molecule has 0 aliphatic rings. The van der Waals surface area contributed by atoms with Crippen LogP contribution in [0.5, 0.6) is 0 Å². The summed E-state index contributed by atoms with van der Waals surface area (Å²) in [7, 11) is 0. The molecule has 2 amide bonds. The molecule has 72 valence electrons. The Kier molecular flexibility index (Phi) is 5.06. The molecule has 0 aromatic carbocycles. The molecule has 0 heterocycles. The van der Waals surface area contributed by atoms with Crippen LogP contribution >= 0.6 is 11.6 Å². The maximum Gasteiger partial charge on any atom is 0.315 e. The first-order valence-corrected chi connectivity index (χ1v) is 4.62. The Labute approximate surface area is 78.9 Å². The summed E-state index contributed by atoms with van der Waals surface area (Å²) in [6.45, 7) is 6.52. The van der Waals surface area contributed by atoms with E-state index in [-0.39, 0.29) is 5.50 Å². The van der Waals surface area contributed by atoms with Gasteiger partial charge in [-0.25, -0.2) is 4.79 Å². The van der Waals surface area contributed by atoms with Gasteiger partial charge in [0.25, 0.3) is 0 Å². The van der Waals surface area contributed by atoms with E-state index in [2.05, 4.69) is 13.8 Å². The molecule has 0 bridgehead atoms. The predicted molar refractivity (Wildman–Crippen MR) is 51.1 cm³/mol. The summed E-state index contributed by atoms with van der Waals surface area (Å²) in [6, 6.07) is -0.446. The van der Waals surface area contributed by atoms with Gasteiger partial charge in [0.2, 0.25) is 0 Å². The van der Waals surface area contributed by atoms with Gasteiger partial charge in [-0.3, -0.25) is 0 Å². The quantitative estimate of drug-likeness (QED) is 0.538. The molecular formula is C8H17ClN2O. The third kappa shape index (κ3) is 3.81. The number of carbonyl (C=O) groups is 1. The van der Waals surface area contributed by atoms with Crippen LogP contribution in [0.15, 0.2) is 0 Å². The largest absolute Gasteiger partial charge is 0.351 e. The fraction of sp³-hybridized carbons (Fsp3) is 0.875. The number of amides is 2. The van der Waals surface area contributed by atoms with Gasteiger partial charge < -0.3 is 10.6 Å². The van der Waals surface area contributed by atoms with Gasteiger partial charge in [0.1, 0.15) is 5.50 Å². The third-order valence-corrected chi connectivity index (χ3v) is 2.15. The Balaban J connectivity index is 4.05. The minimum absolute atomic E-state index is 0.323. The normalized spacial score (nSPS) is 15.3. The number of nitrogens with two attached hydrogens (primary N) is 1. The van der Waals surface area contributed by atoms with Crippen molar-refractivity contribution in [2.24, 2.45) is 11.7 Å². The molecular weight excluding hydrogens is 176 g/mol. The highest BCUT2D eigenvalue weighted by Gasteiger charge is 2.16. The molecule has 0 radical (unpaired) electrons. The standard InChI is InChI=1S/C8H17ClN2O/c1-4-6(2)5-11(7(3)9)8(10)12/h6-7H,4-5H2,1-3H3,(H2,10,12)/t6-,7+/m1/s1. The molecule has 0 aliphatic heterocycles. The van der Waals surface area contributed by atoms with Crippen LogP contribution < -0.4 is 5.73 Å². The first kappa shape index (κ1) is 11.6. The highest BCUT2D eigenvalue weighted by Crippen LogP contribution is 2.09. The van der Waals surface area contributed by atoms with Gasteiger partial charge >= 0.3 is 6.03 Å². The molecule has 0 unspecified atom stereocenters. The summed E-state index contributed by atoms with van der Waals surface area (Å²) >= 11 is 5.76. The summed E-state index contributed by atoms with van der Waals surface area (Å²) in [5.41, 5.74) is 4.82. The molecule has 0 saturated heterocycles. The Morgan fingerprint density at radius 1 is 1.58 bits per heavy atom. The van der Waals surface area contributed by atoms with Crippen molar-refractivity contribution in [1.29, 1.82) is 0 Å². The number of urea groups is 1. The Hall–Kier alpha value is -0.440. The van der Waals surface area contributed by atoms with Crippen molar-refractivity contribution in [3.05, 3.63) is 0 Å². The van der Waals surface area contributed by atoms with Crippen LogP contribution in [0.1, 0.15) is 27.2 Å². The first-order valence-electron chi connectivity index (χ1n) is 4.19. The number of halogens is 1. The van der Waals surface area contributed by atoms with Crippen LogP contribution in [0.3, 0.4) is 0 Å². The third-order valence-electron chi connectivity index (χ3n) is 1.92. The maximum atomic E-state index is 10.9. The topological polar surface area (TPSA) is 46.3 Å². The van der Waals surface area contributed by atoms with Crippen LogP contribution in [0, 0.1) is 5.92 Å². The van der Waals surface area contributed by atoms with Crippen molar-refractivity contribution >= 4 is 17.6 Å². The van der Waals surface area contributed by atoms with Crippen molar-refractivity contribution in [2.75, 3.05) is 6.54 Å². The highest BCUT2D eigenvalue weighted by molar-refractivity contribution is 6.20. The van der Waals surface area contributed by atoms with Gasteiger partial charge in [0.15, 0.2) is 0 Å². The zero-order valence-corrected chi connectivity index (χ0v) is 8.64. The van der Waals surface area contributed by atoms with E-state index < -0.39 is 6.03 Å². The summed E-state index contributed by atoms with van der Waals surface area (Å²) in [4.78, 5) is 12.3. The number of hydrogen-bond acceptors (Lipinski definition) is 1. The van der Waals surface area contributed by atoms with Crippen molar-refractivity contribution < 1.29 is 4.79 Å². The number of nitrogens with zero attached hydrogens (tertiary/aromatic N) is 1. The average molecular weight is 193 g/mol. The van der Waals surface area contributed by atoms with Gasteiger partial charge in [-0.05, 0) is 12.8 Å². The first-order chi connectivity index (χ1) is 5.49. The Morgan fingerprint density at radius 2 is 2.08 bits per heavy atom. The van der Waals surface area contributed by atoms with E-state index in [4.69, 9.17) is 17.3 Å². The van der Waals surface area contributed by atoms with Crippen molar-refractivity contribution in [3.8, 4) is 0 Å². The maximum absolute atomic E-state index is 10.9. The van der Waals surface area contributed by atoms with Crippen LogP contribution in [-0.2, 0) is 0 Å². The lowest BCUT2D eigenvalue weighted by Gasteiger charge is -2.25. The van der Waals surface area contributed by atoms with E-state index in [0.29, 0.717) is 12.5 Å². The molecule has 0 rings (SSSR count). The fourth-order valence-electron chi connectivity index (χ4n) is 0.875. The molecule has 2 N–H and O–H groups in total. The zero-order chi connectivity index (χ0) is 9.72. The van der Waals surface area contributed by atoms with Crippen LogP contribution in [0.4, 0.5) is 4.79 Å². The molecule has 0 spiro atoms. The summed E-state index contributed by atoms with van der Waals surface area (Å²) in [5.74, 6) is 0.443. The number of rotatable bonds is 4. The molecule has 0 aromatic rings. The summed E-state index contributed by atoms with van der Waals surface area (Å²) < 4.78 is 0. The molecule has 0 saturated carbocycles. The second kappa shape index (κ2) is 5.25. The lowest BCUT2D eigenvalue weighted by atomic mass is 10.1. The van der Waals surface area contributed by atoms with E-state index in [1.165, 1.54) is 4.90 Å². The second-order valence-electron chi connectivity index (χ2n) is 3.08. The summed E-state index contributed by atoms with van der Waals surface area (Å²) in [6.07, 6.45) is 1.02. The number of carbonyl (C=O) groups excluding carboxylic acids is 1. The molecule has 0 aromatic heterocycles. The monoisotopic (exact) mass is 192 g/mol. The van der Waals surface area contributed by atoms with Crippen molar-refractivity contribution in [2.45, 2.75) is 32.7 Å². The molecule has 0 aliphatic carbocycles. The van der Waals surface area contributed by atoms with E-state index in [1.54, 1.807) is 6.92 Å². The Bertz CT molecular complexity index is 150. The van der Waals surface area contributed by atoms with E-state index >= 15 is 0 Å². The molecule has 4 heteroatoms. The lowest BCUT2D eigenvalue weighted by molar-refractivity contribution is 0.194. The predicted octanol–water partition coefficient (Wildman–Crippen LogP) is 2.00. The lowest BCUT2D eigenvalue weighted by Crippen LogP contribution is -2.42. The number of hydrogen-bond donors (Lipinski definition) is 1. The summed E-state index contributed by atoms with van der Waals surface area (Å²) in [5, 5.41) is 0. The van der Waals surface area contributed by atoms with Gasteiger partial charge in [0.05, 0.1) is 0 Å². The van der Waals surface area contributed by atoms with Crippen LogP contribution in [0.2, 0.25) is 0 Å². The SMILES string of the molecule is CC[C@@H](C)CN(C(N)=O)[C@@H](C)Cl. The molecule has 2 atom stereocenters. The van der Waals surface area contributed by atoms with Crippen molar-refractivity contribution in [3.63, 3.8) is 0 Å². The van der Waals surface area contributed by atoms with Gasteiger partial charge in [0, 0.05) is 6.54 Å². The fourth-order valence-corrected chi connectivity index (χ4v) is 1.05. The molecule has 0 fully saturated rings. The van der Waals surface area contributed by atoms with E-state index in [1.807, 2.05) is 0 Å². The average Bonchev–Trinajstić information content (AvgIpc) is 1.98. The van der Waals surface area contributed by atoms with Gasteiger partial charge in [-0.2, -0.15) is 0 Å². The van der Waals surface area contributed by atoms with Gasteiger partial charge in [-0.15, -0.1) is 0 Å². The van der Waals surface area contributed by atoms with Crippen LogP contribution in [0.25, 0.3) is 0 Å². The van der Waals surface area contributed by atoms with E-state index in [0.717, 1.165) is 6.42 Å². The zero-order valence-electron chi connectivity index (χ0n) is 7.88. The highest BCUT2D eigenvalue weighted by atomic mass is 35.5. The van der Waals surface area contributed by atoms with E-state index in [9.17, 15) is 4.79 Å². The Morgan fingerprint density at radius 3 is 2.33 bits per heavy atom. The minimum Gasteiger partial charge on any atom is -0.351 e. The number of alkyl halides is 1. The number of primary amides is 1. The molecule has 3 nitrogen and oxygen atoms in total. The smallest absolute Gasteiger partial charge is 0.315 e. The van der Waals surface area contributed by atoms with Crippen molar-refractivity contribution in [1.82, 2.24) is 4.90 Å². The minimum atomic E-state index is -0.446. The van der Waals surface area contributed by atoms with Gasteiger partial charge in [-0.1, -0.05) is 31.9 Å². The molecule has 12 heavy (non-hydrogen) atoms.